The SMILES string of the molecule is O=C1CCC(N2Cc3c(NC(=O)C4CC4)cccc3C2=O)C(=O)N1. The lowest BCUT2D eigenvalue weighted by Gasteiger charge is -2.29. The van der Waals surface area contributed by atoms with E-state index in [4.69, 9.17) is 0 Å². The van der Waals surface area contributed by atoms with Gasteiger partial charge < -0.3 is 10.2 Å². The minimum Gasteiger partial charge on any atom is -0.326 e. The van der Waals surface area contributed by atoms with E-state index in [1.807, 2.05) is 0 Å². The first-order valence-electron chi connectivity index (χ1n) is 8.12. The summed E-state index contributed by atoms with van der Waals surface area (Å²) in [5.74, 6) is -0.921. The Hall–Kier alpha value is -2.70. The van der Waals surface area contributed by atoms with Crippen LogP contribution in [0.15, 0.2) is 18.2 Å². The number of benzene rings is 1. The molecule has 1 unspecified atom stereocenters. The van der Waals surface area contributed by atoms with Crippen molar-refractivity contribution >= 4 is 29.3 Å². The normalized spacial score (nSPS) is 23.1. The molecule has 0 aromatic heterocycles. The molecule has 0 spiro atoms. The second-order valence-electron chi connectivity index (χ2n) is 6.50. The highest BCUT2D eigenvalue weighted by molar-refractivity contribution is 6.07. The second kappa shape index (κ2) is 5.43. The zero-order valence-electron chi connectivity index (χ0n) is 13.0. The van der Waals surface area contributed by atoms with Crippen LogP contribution in [0.2, 0.25) is 0 Å². The van der Waals surface area contributed by atoms with Crippen molar-refractivity contribution in [2.45, 2.75) is 38.3 Å². The maximum atomic E-state index is 12.7. The molecular formula is C17H17N3O4. The third-order valence-corrected chi connectivity index (χ3v) is 4.79. The average Bonchev–Trinajstić information content (AvgIpc) is 3.34. The Morgan fingerprint density at radius 2 is 1.96 bits per heavy atom. The van der Waals surface area contributed by atoms with Gasteiger partial charge in [0.05, 0.1) is 0 Å². The number of carbonyl (C=O) groups is 4. The maximum absolute atomic E-state index is 12.7. The van der Waals surface area contributed by atoms with Crippen LogP contribution >= 0.6 is 0 Å². The molecule has 0 bridgehead atoms. The number of fused-ring (bicyclic) bond motifs is 1. The smallest absolute Gasteiger partial charge is 0.255 e. The molecule has 124 valence electrons. The van der Waals surface area contributed by atoms with Crippen LogP contribution in [0.4, 0.5) is 5.69 Å². The van der Waals surface area contributed by atoms with Crippen molar-refractivity contribution in [3.8, 4) is 0 Å². The number of hydrogen-bond acceptors (Lipinski definition) is 4. The Morgan fingerprint density at radius 3 is 2.67 bits per heavy atom. The molecule has 4 rings (SSSR count). The van der Waals surface area contributed by atoms with Crippen molar-refractivity contribution in [2.24, 2.45) is 5.92 Å². The number of anilines is 1. The topological polar surface area (TPSA) is 95.6 Å². The number of amides is 4. The van der Waals surface area contributed by atoms with Crippen LogP contribution in [0.25, 0.3) is 0 Å². The highest BCUT2D eigenvalue weighted by Crippen LogP contribution is 2.34. The van der Waals surface area contributed by atoms with Crippen molar-refractivity contribution in [1.82, 2.24) is 10.2 Å². The Balaban J connectivity index is 1.58. The van der Waals surface area contributed by atoms with Gasteiger partial charge in [0.15, 0.2) is 0 Å². The van der Waals surface area contributed by atoms with Crippen LogP contribution in [-0.2, 0) is 20.9 Å². The van der Waals surface area contributed by atoms with E-state index in [2.05, 4.69) is 10.6 Å². The van der Waals surface area contributed by atoms with Gasteiger partial charge in [0, 0.05) is 35.7 Å². The Bertz CT molecular complexity index is 769. The summed E-state index contributed by atoms with van der Waals surface area (Å²) in [7, 11) is 0. The molecule has 1 saturated heterocycles. The van der Waals surface area contributed by atoms with Crippen LogP contribution in [0, 0.1) is 5.92 Å². The van der Waals surface area contributed by atoms with Crippen molar-refractivity contribution in [2.75, 3.05) is 5.32 Å². The standard InChI is InChI=1S/C17H17N3O4/c21-14-7-6-13(16(23)19-14)20-8-11-10(17(20)24)2-1-3-12(11)18-15(22)9-4-5-9/h1-3,9,13H,4-8H2,(H,18,22)(H,19,21,23). The molecule has 2 aliphatic heterocycles. The molecule has 1 aromatic carbocycles. The fraction of sp³-hybridized carbons (Fsp3) is 0.412. The molecule has 24 heavy (non-hydrogen) atoms. The molecule has 2 N–H and O–H groups in total. The summed E-state index contributed by atoms with van der Waals surface area (Å²) in [4.78, 5) is 49.5. The molecule has 0 radical (unpaired) electrons. The molecular weight excluding hydrogens is 310 g/mol. The zero-order valence-corrected chi connectivity index (χ0v) is 13.0. The van der Waals surface area contributed by atoms with Gasteiger partial charge in [-0.15, -0.1) is 0 Å². The fourth-order valence-electron chi connectivity index (χ4n) is 3.28. The third kappa shape index (κ3) is 2.46. The summed E-state index contributed by atoms with van der Waals surface area (Å²) >= 11 is 0. The summed E-state index contributed by atoms with van der Waals surface area (Å²) in [6.45, 7) is 0.265. The number of carbonyl (C=O) groups excluding carboxylic acids is 4. The van der Waals surface area contributed by atoms with Crippen molar-refractivity contribution in [3.05, 3.63) is 29.3 Å². The van der Waals surface area contributed by atoms with Crippen LogP contribution in [-0.4, -0.2) is 34.6 Å². The number of piperidine rings is 1. The largest absolute Gasteiger partial charge is 0.326 e. The molecule has 1 saturated carbocycles. The first-order valence-corrected chi connectivity index (χ1v) is 8.12. The Labute approximate surface area is 138 Å². The molecule has 2 heterocycles. The van der Waals surface area contributed by atoms with Gasteiger partial charge in [-0.1, -0.05) is 6.07 Å². The number of nitrogens with zero attached hydrogens (tertiary/aromatic N) is 1. The van der Waals surface area contributed by atoms with E-state index in [9.17, 15) is 19.2 Å². The van der Waals surface area contributed by atoms with Crippen molar-refractivity contribution in [3.63, 3.8) is 0 Å². The monoisotopic (exact) mass is 327 g/mol. The fourth-order valence-corrected chi connectivity index (χ4v) is 3.28. The van der Waals surface area contributed by atoms with Gasteiger partial charge >= 0.3 is 0 Å². The summed E-state index contributed by atoms with van der Waals surface area (Å²) in [6.07, 6.45) is 2.36. The summed E-state index contributed by atoms with van der Waals surface area (Å²) < 4.78 is 0. The molecule has 4 amide bonds. The first kappa shape index (κ1) is 14.9. The van der Waals surface area contributed by atoms with Gasteiger partial charge in [0.25, 0.3) is 5.91 Å². The quantitative estimate of drug-likeness (QED) is 0.803. The summed E-state index contributed by atoms with van der Waals surface area (Å²) in [5, 5.41) is 5.18. The molecule has 7 heteroatoms. The van der Waals surface area contributed by atoms with E-state index in [0.717, 1.165) is 18.4 Å². The average molecular weight is 327 g/mol. The molecule has 1 aromatic rings. The van der Waals surface area contributed by atoms with Crippen molar-refractivity contribution < 1.29 is 19.2 Å². The number of imide groups is 1. The molecule has 1 aliphatic carbocycles. The van der Waals surface area contributed by atoms with Crippen LogP contribution in [0.5, 0.6) is 0 Å². The van der Waals surface area contributed by atoms with Gasteiger partial charge in [0.2, 0.25) is 17.7 Å². The van der Waals surface area contributed by atoms with Gasteiger partial charge in [-0.05, 0) is 31.4 Å². The van der Waals surface area contributed by atoms with E-state index in [0.29, 0.717) is 17.7 Å². The highest BCUT2D eigenvalue weighted by atomic mass is 16.2. The molecule has 3 aliphatic rings. The van der Waals surface area contributed by atoms with E-state index in [1.54, 1.807) is 18.2 Å². The first-order chi connectivity index (χ1) is 11.5. The van der Waals surface area contributed by atoms with Crippen LogP contribution in [0.1, 0.15) is 41.6 Å². The number of hydrogen-bond donors (Lipinski definition) is 2. The summed E-state index contributed by atoms with van der Waals surface area (Å²) in [5.41, 5.74) is 1.88. The van der Waals surface area contributed by atoms with E-state index in [-0.39, 0.29) is 36.6 Å². The Morgan fingerprint density at radius 1 is 1.17 bits per heavy atom. The molecule has 1 atom stereocenters. The lowest BCUT2D eigenvalue weighted by atomic mass is 10.0. The highest BCUT2D eigenvalue weighted by Gasteiger charge is 2.40. The van der Waals surface area contributed by atoms with Gasteiger partial charge in [0.1, 0.15) is 6.04 Å². The van der Waals surface area contributed by atoms with Gasteiger partial charge in [-0.3, -0.25) is 24.5 Å². The second-order valence-corrected chi connectivity index (χ2v) is 6.50. The maximum Gasteiger partial charge on any atom is 0.255 e. The van der Waals surface area contributed by atoms with Gasteiger partial charge in [-0.25, -0.2) is 0 Å². The molecule has 2 fully saturated rings. The predicted molar refractivity (Wildman–Crippen MR) is 83.8 cm³/mol. The van der Waals surface area contributed by atoms with Crippen LogP contribution < -0.4 is 10.6 Å². The predicted octanol–water partition coefficient (Wildman–Crippen LogP) is 0.796. The van der Waals surface area contributed by atoms with Crippen molar-refractivity contribution in [1.29, 1.82) is 0 Å². The van der Waals surface area contributed by atoms with E-state index >= 15 is 0 Å². The Kier molecular flexibility index (Phi) is 3.37. The lowest BCUT2D eigenvalue weighted by Crippen LogP contribution is -2.52. The van der Waals surface area contributed by atoms with E-state index < -0.39 is 11.9 Å². The minimum absolute atomic E-state index is 0.0182. The van der Waals surface area contributed by atoms with Crippen LogP contribution in [0.3, 0.4) is 0 Å². The van der Waals surface area contributed by atoms with Gasteiger partial charge in [-0.2, -0.15) is 0 Å². The third-order valence-electron chi connectivity index (χ3n) is 4.79. The number of nitrogens with one attached hydrogen (secondary N) is 2. The molecule has 7 nitrogen and oxygen atoms in total. The summed E-state index contributed by atoms with van der Waals surface area (Å²) in [6, 6.07) is 4.57. The lowest BCUT2D eigenvalue weighted by molar-refractivity contribution is -0.137. The minimum atomic E-state index is -0.644. The zero-order chi connectivity index (χ0) is 16.8. The number of rotatable bonds is 3. The van der Waals surface area contributed by atoms with E-state index in [1.165, 1.54) is 4.90 Å².